The molecule has 2 saturated heterocycles. The molecule has 0 bridgehead atoms. The maximum atomic E-state index is 12.5. The van der Waals surface area contributed by atoms with E-state index in [4.69, 9.17) is 4.74 Å². The molecule has 0 spiro atoms. The van der Waals surface area contributed by atoms with Crippen LogP contribution in [0.3, 0.4) is 0 Å². The Hall–Kier alpha value is -2.04. The van der Waals surface area contributed by atoms with Gasteiger partial charge in [-0.15, -0.1) is 0 Å². The van der Waals surface area contributed by atoms with E-state index in [0.29, 0.717) is 24.3 Å². The van der Waals surface area contributed by atoms with Crippen molar-refractivity contribution in [1.29, 1.82) is 0 Å². The zero-order chi connectivity index (χ0) is 19.3. The zero-order valence-corrected chi connectivity index (χ0v) is 16.8. The second-order valence-electron chi connectivity index (χ2n) is 8.58. The molecule has 0 radical (unpaired) electrons. The van der Waals surface area contributed by atoms with E-state index in [1.165, 1.54) is 12.8 Å². The molecule has 1 saturated carbocycles. The lowest BCUT2D eigenvalue weighted by atomic mass is 9.83. The topological polar surface area (TPSA) is 49.9 Å². The van der Waals surface area contributed by atoms with Crippen LogP contribution in [0.1, 0.15) is 61.7 Å². The molecule has 28 heavy (non-hydrogen) atoms. The van der Waals surface area contributed by atoms with E-state index < -0.39 is 0 Å². The lowest BCUT2D eigenvalue weighted by Gasteiger charge is -2.36. The van der Waals surface area contributed by atoms with Crippen molar-refractivity contribution in [2.45, 2.75) is 51.4 Å². The first-order valence-electron chi connectivity index (χ1n) is 11.0. The molecular formula is C23H32N2O3. The molecule has 5 heteroatoms. The van der Waals surface area contributed by atoms with Crippen LogP contribution in [0.2, 0.25) is 0 Å². The Labute approximate surface area is 168 Å². The molecular weight excluding hydrogens is 352 g/mol. The van der Waals surface area contributed by atoms with Gasteiger partial charge in [-0.1, -0.05) is 6.42 Å². The first-order chi connectivity index (χ1) is 13.7. The smallest absolute Gasteiger partial charge is 0.253 e. The Morgan fingerprint density at radius 1 is 0.821 bits per heavy atom. The van der Waals surface area contributed by atoms with Crippen LogP contribution >= 0.6 is 0 Å². The fourth-order valence-electron chi connectivity index (χ4n) is 4.42. The highest BCUT2D eigenvalue weighted by Crippen LogP contribution is 2.30. The van der Waals surface area contributed by atoms with Crippen molar-refractivity contribution >= 4 is 11.8 Å². The summed E-state index contributed by atoms with van der Waals surface area (Å²) in [5.41, 5.74) is 0.747. The average molecular weight is 385 g/mol. The third kappa shape index (κ3) is 4.50. The molecule has 3 fully saturated rings. The molecule has 2 aliphatic heterocycles. The SMILES string of the molecule is O=C(c1ccc(OCC2CCN(C(=O)C3CCC3)CC2)cc1)N1CCCCC1. The van der Waals surface area contributed by atoms with Crippen LogP contribution in [-0.4, -0.2) is 54.4 Å². The average Bonchev–Trinajstić information content (AvgIpc) is 2.72. The van der Waals surface area contributed by atoms with E-state index >= 15 is 0 Å². The van der Waals surface area contributed by atoms with Gasteiger partial charge in [0.25, 0.3) is 5.91 Å². The summed E-state index contributed by atoms with van der Waals surface area (Å²) in [6, 6.07) is 7.58. The Kier molecular flexibility index (Phi) is 6.18. The molecule has 0 atom stereocenters. The number of rotatable bonds is 5. The molecule has 152 valence electrons. The maximum Gasteiger partial charge on any atom is 0.253 e. The molecule has 3 aliphatic rings. The predicted molar refractivity (Wildman–Crippen MR) is 108 cm³/mol. The quantitative estimate of drug-likeness (QED) is 0.777. The number of hydrogen-bond acceptors (Lipinski definition) is 3. The van der Waals surface area contributed by atoms with Gasteiger partial charge in [-0.05, 0) is 75.1 Å². The van der Waals surface area contributed by atoms with Gasteiger partial charge in [-0.25, -0.2) is 0 Å². The Morgan fingerprint density at radius 3 is 2.11 bits per heavy atom. The van der Waals surface area contributed by atoms with Crippen molar-refractivity contribution in [1.82, 2.24) is 9.80 Å². The number of hydrogen-bond donors (Lipinski definition) is 0. The van der Waals surface area contributed by atoms with Gasteiger partial charge in [0.05, 0.1) is 6.61 Å². The van der Waals surface area contributed by atoms with Gasteiger partial charge in [0, 0.05) is 37.7 Å². The maximum absolute atomic E-state index is 12.5. The Bertz CT molecular complexity index is 670. The minimum absolute atomic E-state index is 0.134. The molecule has 1 aromatic rings. The van der Waals surface area contributed by atoms with E-state index in [0.717, 1.165) is 76.0 Å². The molecule has 2 amide bonds. The number of ether oxygens (including phenoxy) is 1. The van der Waals surface area contributed by atoms with Crippen LogP contribution in [0.15, 0.2) is 24.3 Å². The van der Waals surface area contributed by atoms with Crippen molar-refractivity contribution in [3.05, 3.63) is 29.8 Å². The number of amides is 2. The molecule has 1 aromatic carbocycles. The van der Waals surface area contributed by atoms with E-state index in [1.54, 1.807) is 0 Å². The van der Waals surface area contributed by atoms with Gasteiger partial charge >= 0.3 is 0 Å². The van der Waals surface area contributed by atoms with Gasteiger partial charge in [0.2, 0.25) is 5.91 Å². The third-order valence-corrected chi connectivity index (χ3v) is 6.61. The summed E-state index contributed by atoms with van der Waals surface area (Å²) in [6.45, 7) is 4.17. The minimum atomic E-state index is 0.134. The van der Waals surface area contributed by atoms with Crippen LogP contribution in [-0.2, 0) is 4.79 Å². The number of likely N-dealkylation sites (tertiary alicyclic amines) is 2. The van der Waals surface area contributed by atoms with Gasteiger partial charge < -0.3 is 14.5 Å². The molecule has 0 unspecified atom stereocenters. The Balaban J connectivity index is 1.21. The van der Waals surface area contributed by atoms with Crippen molar-refractivity contribution in [3.8, 4) is 5.75 Å². The summed E-state index contributed by atoms with van der Waals surface area (Å²) in [7, 11) is 0. The largest absolute Gasteiger partial charge is 0.493 e. The number of piperidine rings is 2. The molecule has 0 N–H and O–H groups in total. The van der Waals surface area contributed by atoms with Crippen molar-refractivity contribution in [2.24, 2.45) is 11.8 Å². The number of benzene rings is 1. The zero-order valence-electron chi connectivity index (χ0n) is 16.8. The lowest BCUT2D eigenvalue weighted by molar-refractivity contribution is -0.139. The molecule has 4 rings (SSSR count). The van der Waals surface area contributed by atoms with Crippen LogP contribution < -0.4 is 4.74 Å². The number of carbonyl (C=O) groups excluding carboxylic acids is 2. The van der Waals surface area contributed by atoms with Gasteiger partial charge in [-0.3, -0.25) is 9.59 Å². The molecule has 1 aliphatic carbocycles. The summed E-state index contributed by atoms with van der Waals surface area (Å²) in [6.07, 6.45) is 8.85. The van der Waals surface area contributed by atoms with Gasteiger partial charge in [0.15, 0.2) is 0 Å². The monoisotopic (exact) mass is 384 g/mol. The van der Waals surface area contributed by atoms with Crippen LogP contribution in [0.5, 0.6) is 5.75 Å². The summed E-state index contributed by atoms with van der Waals surface area (Å²) in [5.74, 6) is 2.14. The predicted octanol–water partition coefficient (Wildman–Crippen LogP) is 3.73. The standard InChI is InChI=1S/C23H32N2O3/c26-22(19-5-4-6-19)25-15-11-18(12-16-25)17-28-21-9-7-20(8-10-21)23(27)24-13-2-1-3-14-24/h7-10,18-19H,1-6,11-17H2. The summed E-state index contributed by atoms with van der Waals surface area (Å²) >= 11 is 0. The molecule has 5 nitrogen and oxygen atoms in total. The molecule has 0 aromatic heterocycles. The molecule has 2 heterocycles. The summed E-state index contributed by atoms with van der Waals surface area (Å²) < 4.78 is 5.97. The Morgan fingerprint density at radius 2 is 1.50 bits per heavy atom. The second-order valence-corrected chi connectivity index (χ2v) is 8.58. The second kappa shape index (κ2) is 8.97. The fraction of sp³-hybridized carbons (Fsp3) is 0.652. The first kappa shape index (κ1) is 19.3. The first-order valence-corrected chi connectivity index (χ1v) is 11.0. The highest BCUT2D eigenvalue weighted by atomic mass is 16.5. The van der Waals surface area contributed by atoms with Crippen molar-refractivity contribution in [3.63, 3.8) is 0 Å². The van der Waals surface area contributed by atoms with E-state index in [1.807, 2.05) is 29.2 Å². The van der Waals surface area contributed by atoms with Gasteiger partial charge in [-0.2, -0.15) is 0 Å². The van der Waals surface area contributed by atoms with Crippen LogP contribution in [0, 0.1) is 11.8 Å². The van der Waals surface area contributed by atoms with Crippen LogP contribution in [0.25, 0.3) is 0 Å². The van der Waals surface area contributed by atoms with E-state index in [9.17, 15) is 9.59 Å². The van der Waals surface area contributed by atoms with E-state index in [-0.39, 0.29) is 5.91 Å². The van der Waals surface area contributed by atoms with Crippen molar-refractivity contribution < 1.29 is 14.3 Å². The van der Waals surface area contributed by atoms with Crippen LogP contribution in [0.4, 0.5) is 0 Å². The fourth-order valence-corrected chi connectivity index (χ4v) is 4.42. The van der Waals surface area contributed by atoms with Crippen molar-refractivity contribution in [2.75, 3.05) is 32.8 Å². The third-order valence-electron chi connectivity index (χ3n) is 6.61. The minimum Gasteiger partial charge on any atom is -0.493 e. The normalized spacial score (nSPS) is 21.3. The van der Waals surface area contributed by atoms with E-state index in [2.05, 4.69) is 4.90 Å². The number of carbonyl (C=O) groups is 2. The summed E-state index contributed by atoms with van der Waals surface area (Å²) in [4.78, 5) is 28.9. The highest BCUT2D eigenvalue weighted by Gasteiger charge is 2.31. The number of nitrogens with zero attached hydrogens (tertiary/aromatic N) is 2. The summed E-state index contributed by atoms with van der Waals surface area (Å²) in [5, 5.41) is 0. The lowest BCUT2D eigenvalue weighted by Crippen LogP contribution is -2.44. The van der Waals surface area contributed by atoms with Gasteiger partial charge in [0.1, 0.15) is 5.75 Å². The highest BCUT2D eigenvalue weighted by molar-refractivity contribution is 5.94.